The third-order valence-electron chi connectivity index (χ3n) is 7.23. The highest BCUT2D eigenvalue weighted by Gasteiger charge is 2.29. The lowest BCUT2D eigenvalue weighted by Gasteiger charge is -2.36. The number of carbonyl (C=O) groups is 2. The van der Waals surface area contributed by atoms with Crippen LogP contribution in [0.4, 0.5) is 0 Å². The van der Waals surface area contributed by atoms with Gasteiger partial charge in [0.2, 0.25) is 0 Å². The monoisotopic (exact) mass is 451 g/mol. The van der Waals surface area contributed by atoms with Crippen molar-refractivity contribution in [1.29, 1.82) is 0 Å². The molecular weight excluding hydrogens is 422 g/mol. The molecule has 32 heavy (non-hydrogen) atoms. The minimum atomic E-state index is -0.00103. The molecule has 3 aliphatic rings. The molecule has 0 N–H and O–H groups in total. The molecule has 6 heteroatoms. The molecule has 2 amide bonds. The highest BCUT2D eigenvalue weighted by molar-refractivity contribution is 6.30. The Kier molecular flexibility index (Phi) is 6.20. The van der Waals surface area contributed by atoms with Gasteiger partial charge in [-0.25, -0.2) is 0 Å². The van der Waals surface area contributed by atoms with Crippen LogP contribution in [0.5, 0.6) is 0 Å². The fourth-order valence-electron chi connectivity index (χ4n) is 5.10. The molecule has 5 rings (SSSR count). The van der Waals surface area contributed by atoms with E-state index in [1.807, 2.05) is 28.0 Å². The summed E-state index contributed by atoms with van der Waals surface area (Å²) in [5.41, 5.74) is 3.69. The van der Waals surface area contributed by atoms with Gasteiger partial charge in [0.25, 0.3) is 11.8 Å². The van der Waals surface area contributed by atoms with Crippen molar-refractivity contribution < 1.29 is 9.59 Å². The van der Waals surface area contributed by atoms with Crippen LogP contribution in [-0.2, 0) is 13.0 Å². The summed E-state index contributed by atoms with van der Waals surface area (Å²) in [5.74, 6) is 0.138. The molecule has 0 aromatic heterocycles. The van der Waals surface area contributed by atoms with Gasteiger partial charge in [0.15, 0.2) is 0 Å². The third kappa shape index (κ3) is 4.41. The van der Waals surface area contributed by atoms with Gasteiger partial charge in [-0.15, -0.1) is 0 Å². The predicted molar refractivity (Wildman–Crippen MR) is 126 cm³/mol. The zero-order chi connectivity index (χ0) is 22.1. The fourth-order valence-corrected chi connectivity index (χ4v) is 5.29. The Morgan fingerprint density at radius 1 is 0.781 bits per heavy atom. The van der Waals surface area contributed by atoms with Gasteiger partial charge in [0.1, 0.15) is 0 Å². The second-order valence-corrected chi connectivity index (χ2v) is 9.67. The van der Waals surface area contributed by atoms with Crippen molar-refractivity contribution >= 4 is 23.4 Å². The first kappa shape index (κ1) is 21.5. The van der Waals surface area contributed by atoms with E-state index in [1.165, 1.54) is 24.8 Å². The first-order chi connectivity index (χ1) is 15.6. The van der Waals surface area contributed by atoms with E-state index in [9.17, 15) is 9.59 Å². The van der Waals surface area contributed by atoms with Crippen LogP contribution in [0.15, 0.2) is 42.5 Å². The molecule has 2 fully saturated rings. The Bertz CT molecular complexity index is 1020. The molecule has 2 heterocycles. The third-order valence-corrected chi connectivity index (χ3v) is 7.47. The summed E-state index contributed by atoms with van der Waals surface area (Å²) in [5, 5.41) is 0.570. The summed E-state index contributed by atoms with van der Waals surface area (Å²) in [4.78, 5) is 32.6. The summed E-state index contributed by atoms with van der Waals surface area (Å²) in [6.45, 7) is 4.96. The van der Waals surface area contributed by atoms with Crippen LogP contribution in [0.25, 0.3) is 0 Å². The lowest BCUT2D eigenvalue weighted by atomic mass is 9.91. The van der Waals surface area contributed by atoms with E-state index in [2.05, 4.69) is 4.90 Å². The predicted octanol–water partition coefficient (Wildman–Crippen LogP) is 4.24. The van der Waals surface area contributed by atoms with E-state index in [0.29, 0.717) is 23.7 Å². The number of hydrogen-bond acceptors (Lipinski definition) is 3. The molecule has 1 saturated carbocycles. The lowest BCUT2D eigenvalue weighted by Crippen LogP contribution is -2.42. The highest BCUT2D eigenvalue weighted by atomic mass is 35.5. The van der Waals surface area contributed by atoms with Crippen molar-refractivity contribution in [2.45, 2.75) is 44.7 Å². The topological polar surface area (TPSA) is 43.9 Å². The van der Waals surface area contributed by atoms with Crippen molar-refractivity contribution in [2.24, 2.45) is 0 Å². The normalized spacial score (nSPS) is 19.8. The molecule has 5 nitrogen and oxygen atoms in total. The van der Waals surface area contributed by atoms with E-state index in [1.54, 1.807) is 24.3 Å². The Balaban J connectivity index is 1.24. The van der Waals surface area contributed by atoms with Gasteiger partial charge < -0.3 is 9.80 Å². The standard InChI is InChI=1S/C26H30ClN3O2/c27-23-5-1-4-20(17-23)26(32)30-13-10-19-16-21(8-9-22(19)18-30)25(31)29-12-3-11-28(14-15-29)24-6-2-7-24/h1,4-5,8-9,16-17,24H,2-3,6-7,10-15,18H2. The van der Waals surface area contributed by atoms with Crippen molar-refractivity contribution in [3.05, 3.63) is 69.7 Å². The van der Waals surface area contributed by atoms with Gasteiger partial charge in [0, 0.05) is 61.5 Å². The molecule has 2 aromatic rings. The van der Waals surface area contributed by atoms with Gasteiger partial charge in [-0.2, -0.15) is 0 Å². The molecule has 1 aliphatic carbocycles. The van der Waals surface area contributed by atoms with Crippen LogP contribution >= 0.6 is 11.6 Å². The van der Waals surface area contributed by atoms with E-state index in [4.69, 9.17) is 11.6 Å². The number of nitrogens with zero attached hydrogens (tertiary/aromatic N) is 3. The van der Waals surface area contributed by atoms with Crippen LogP contribution in [0.3, 0.4) is 0 Å². The second-order valence-electron chi connectivity index (χ2n) is 9.24. The maximum absolute atomic E-state index is 13.2. The summed E-state index contributed by atoms with van der Waals surface area (Å²) in [7, 11) is 0. The summed E-state index contributed by atoms with van der Waals surface area (Å²) >= 11 is 6.05. The van der Waals surface area contributed by atoms with Crippen LogP contribution < -0.4 is 0 Å². The van der Waals surface area contributed by atoms with Crippen LogP contribution in [-0.4, -0.2) is 65.3 Å². The summed E-state index contributed by atoms with van der Waals surface area (Å²) in [6.07, 6.45) is 5.79. The number of benzene rings is 2. The van der Waals surface area contributed by atoms with Crippen molar-refractivity contribution in [2.75, 3.05) is 32.7 Å². The minimum absolute atomic E-state index is 0.00103. The first-order valence-electron chi connectivity index (χ1n) is 11.8. The quantitative estimate of drug-likeness (QED) is 0.701. The maximum Gasteiger partial charge on any atom is 0.254 e. The summed E-state index contributed by atoms with van der Waals surface area (Å²) < 4.78 is 0. The molecule has 0 spiro atoms. The number of hydrogen-bond donors (Lipinski definition) is 0. The number of carbonyl (C=O) groups excluding carboxylic acids is 2. The lowest BCUT2D eigenvalue weighted by molar-refractivity contribution is 0.0727. The highest BCUT2D eigenvalue weighted by Crippen LogP contribution is 2.27. The van der Waals surface area contributed by atoms with E-state index >= 15 is 0 Å². The van der Waals surface area contributed by atoms with Gasteiger partial charge in [-0.1, -0.05) is 30.2 Å². The molecular formula is C26H30ClN3O2. The zero-order valence-electron chi connectivity index (χ0n) is 18.4. The fraction of sp³-hybridized carbons (Fsp3) is 0.462. The second kappa shape index (κ2) is 9.24. The van der Waals surface area contributed by atoms with E-state index in [0.717, 1.165) is 56.2 Å². The molecule has 0 atom stereocenters. The Morgan fingerprint density at radius 3 is 2.38 bits per heavy atom. The molecule has 2 aliphatic heterocycles. The average molecular weight is 452 g/mol. The molecule has 0 radical (unpaired) electrons. The summed E-state index contributed by atoms with van der Waals surface area (Å²) in [6, 6.07) is 13.9. The SMILES string of the molecule is O=C(c1ccc2c(c1)CCN(C(=O)c1cccc(Cl)c1)C2)N1CCCN(C2CCC2)CC1. The minimum Gasteiger partial charge on any atom is -0.337 e. The van der Waals surface area contributed by atoms with Crippen molar-refractivity contribution in [3.63, 3.8) is 0 Å². The smallest absolute Gasteiger partial charge is 0.254 e. The maximum atomic E-state index is 13.2. The van der Waals surface area contributed by atoms with Crippen LogP contribution in [0.2, 0.25) is 5.02 Å². The van der Waals surface area contributed by atoms with E-state index < -0.39 is 0 Å². The Labute approximate surface area is 194 Å². The molecule has 0 bridgehead atoms. The number of halogens is 1. The number of amides is 2. The van der Waals surface area contributed by atoms with Gasteiger partial charge in [-0.05, 0) is 67.1 Å². The molecule has 168 valence electrons. The number of rotatable bonds is 3. The molecule has 1 saturated heterocycles. The van der Waals surface area contributed by atoms with E-state index in [-0.39, 0.29) is 11.8 Å². The Hall–Kier alpha value is -2.37. The van der Waals surface area contributed by atoms with Crippen LogP contribution in [0.1, 0.15) is 57.5 Å². The van der Waals surface area contributed by atoms with Crippen molar-refractivity contribution in [1.82, 2.24) is 14.7 Å². The van der Waals surface area contributed by atoms with Gasteiger partial charge in [0.05, 0.1) is 0 Å². The van der Waals surface area contributed by atoms with Gasteiger partial charge >= 0.3 is 0 Å². The zero-order valence-corrected chi connectivity index (χ0v) is 19.2. The first-order valence-corrected chi connectivity index (χ1v) is 12.2. The van der Waals surface area contributed by atoms with Crippen LogP contribution in [0, 0.1) is 0 Å². The average Bonchev–Trinajstić information content (AvgIpc) is 3.02. The largest absolute Gasteiger partial charge is 0.337 e. The van der Waals surface area contributed by atoms with Gasteiger partial charge in [-0.3, -0.25) is 14.5 Å². The van der Waals surface area contributed by atoms with Crippen molar-refractivity contribution in [3.8, 4) is 0 Å². The molecule has 0 unspecified atom stereocenters. The number of fused-ring (bicyclic) bond motifs is 1. The Morgan fingerprint density at radius 2 is 1.59 bits per heavy atom. The molecule has 2 aromatic carbocycles.